The van der Waals surface area contributed by atoms with Gasteiger partial charge in [-0.25, -0.2) is 4.79 Å². The Labute approximate surface area is 158 Å². The van der Waals surface area contributed by atoms with Crippen molar-refractivity contribution in [2.45, 2.75) is 13.8 Å². The first-order valence-electron chi connectivity index (χ1n) is 8.68. The number of benzene rings is 2. The maximum Gasteiger partial charge on any atom is 0.330 e. The zero-order valence-corrected chi connectivity index (χ0v) is 15.3. The molecule has 2 amide bonds. The maximum atomic E-state index is 13.0. The molecule has 2 rings (SSSR count). The lowest BCUT2D eigenvalue weighted by Gasteiger charge is -2.22. The van der Waals surface area contributed by atoms with Crippen molar-refractivity contribution in [2.24, 2.45) is 0 Å². The highest BCUT2D eigenvalue weighted by Crippen LogP contribution is 2.21. The molecule has 2 aromatic rings. The number of carbonyl (C=O) groups excluding carboxylic acids is 3. The molecule has 0 heterocycles. The largest absolute Gasteiger partial charge is 0.463 e. The fourth-order valence-electron chi connectivity index (χ4n) is 2.48. The third-order valence-corrected chi connectivity index (χ3v) is 3.70. The number of hydrogen-bond donors (Lipinski definition) is 1. The minimum absolute atomic E-state index is 0.228. The van der Waals surface area contributed by atoms with Crippen molar-refractivity contribution in [3.63, 3.8) is 0 Å². The van der Waals surface area contributed by atoms with Gasteiger partial charge in [-0.15, -0.1) is 0 Å². The lowest BCUT2D eigenvalue weighted by molar-refractivity contribution is -0.137. The van der Waals surface area contributed by atoms with Crippen LogP contribution in [0.5, 0.6) is 0 Å². The van der Waals surface area contributed by atoms with E-state index in [0.717, 1.165) is 17.8 Å². The summed E-state index contributed by atoms with van der Waals surface area (Å²) in [5, 5.41) is 2.64. The molecular formula is C21H22N2O4. The van der Waals surface area contributed by atoms with E-state index in [1.54, 1.807) is 36.1 Å². The molecular weight excluding hydrogens is 344 g/mol. The predicted octanol–water partition coefficient (Wildman–Crippen LogP) is 3.41. The van der Waals surface area contributed by atoms with E-state index < -0.39 is 11.9 Å². The van der Waals surface area contributed by atoms with Crippen LogP contribution in [0.25, 0.3) is 0 Å². The van der Waals surface area contributed by atoms with Gasteiger partial charge in [0.1, 0.15) is 0 Å². The standard InChI is InChI=1S/C21H22N2O4/c1-3-23(16-10-6-5-7-11-16)21(26)17-12-8-9-13-18(17)22-19(24)14-15-20(25)27-4-2/h5-15H,3-4H2,1-2H3,(H,22,24)/b15-14+. The summed E-state index contributed by atoms with van der Waals surface area (Å²) in [6.45, 7) is 4.27. The smallest absolute Gasteiger partial charge is 0.330 e. The molecule has 0 aromatic heterocycles. The van der Waals surface area contributed by atoms with Crippen molar-refractivity contribution in [1.29, 1.82) is 0 Å². The summed E-state index contributed by atoms with van der Waals surface area (Å²) in [6.07, 6.45) is 2.12. The van der Waals surface area contributed by atoms with Crippen LogP contribution >= 0.6 is 0 Å². The van der Waals surface area contributed by atoms with Crippen LogP contribution in [0.1, 0.15) is 24.2 Å². The SMILES string of the molecule is CCOC(=O)/C=C/C(=O)Nc1ccccc1C(=O)N(CC)c1ccccc1. The monoisotopic (exact) mass is 366 g/mol. The number of anilines is 2. The van der Waals surface area contributed by atoms with E-state index >= 15 is 0 Å². The lowest BCUT2D eigenvalue weighted by Crippen LogP contribution is -2.31. The minimum Gasteiger partial charge on any atom is -0.463 e. The normalized spacial score (nSPS) is 10.4. The quantitative estimate of drug-likeness (QED) is 0.602. The van der Waals surface area contributed by atoms with Crippen LogP contribution in [0.2, 0.25) is 0 Å². The summed E-state index contributed by atoms with van der Waals surface area (Å²) in [5.74, 6) is -1.35. The topological polar surface area (TPSA) is 75.7 Å². The van der Waals surface area contributed by atoms with Gasteiger partial charge in [-0.05, 0) is 38.1 Å². The van der Waals surface area contributed by atoms with E-state index in [1.165, 1.54) is 0 Å². The number of esters is 1. The predicted molar refractivity (Wildman–Crippen MR) is 105 cm³/mol. The summed E-state index contributed by atoms with van der Waals surface area (Å²) in [6, 6.07) is 16.1. The molecule has 0 saturated heterocycles. The average Bonchev–Trinajstić information content (AvgIpc) is 2.68. The highest BCUT2D eigenvalue weighted by atomic mass is 16.5. The second kappa shape index (κ2) is 9.91. The molecule has 0 atom stereocenters. The Kier molecular flexibility index (Phi) is 7.31. The highest BCUT2D eigenvalue weighted by molar-refractivity contribution is 6.12. The van der Waals surface area contributed by atoms with Gasteiger partial charge in [0.2, 0.25) is 5.91 Å². The highest BCUT2D eigenvalue weighted by Gasteiger charge is 2.19. The number of carbonyl (C=O) groups is 3. The van der Waals surface area contributed by atoms with Crippen molar-refractivity contribution in [3.8, 4) is 0 Å². The Morgan fingerprint density at radius 1 is 0.963 bits per heavy atom. The third-order valence-electron chi connectivity index (χ3n) is 3.70. The van der Waals surface area contributed by atoms with Crippen LogP contribution in [0.3, 0.4) is 0 Å². The Morgan fingerprint density at radius 3 is 2.30 bits per heavy atom. The Morgan fingerprint density at radius 2 is 1.63 bits per heavy atom. The van der Waals surface area contributed by atoms with Crippen LogP contribution in [-0.2, 0) is 14.3 Å². The van der Waals surface area contributed by atoms with Gasteiger partial charge in [0.25, 0.3) is 5.91 Å². The zero-order chi connectivity index (χ0) is 19.6. The molecule has 0 unspecified atom stereocenters. The fourth-order valence-corrected chi connectivity index (χ4v) is 2.48. The summed E-state index contributed by atoms with van der Waals surface area (Å²) < 4.78 is 4.73. The van der Waals surface area contributed by atoms with Crippen LogP contribution < -0.4 is 10.2 Å². The van der Waals surface area contributed by atoms with Gasteiger partial charge in [0.05, 0.1) is 17.9 Å². The molecule has 0 aliphatic heterocycles. The van der Waals surface area contributed by atoms with Gasteiger partial charge in [0.15, 0.2) is 0 Å². The van der Waals surface area contributed by atoms with Gasteiger partial charge >= 0.3 is 5.97 Å². The number of ether oxygens (including phenoxy) is 1. The van der Waals surface area contributed by atoms with Crippen molar-refractivity contribution in [3.05, 3.63) is 72.3 Å². The molecule has 0 aliphatic carbocycles. The molecule has 1 N–H and O–H groups in total. The van der Waals surface area contributed by atoms with Gasteiger partial charge in [-0.3, -0.25) is 9.59 Å². The molecule has 0 saturated carbocycles. The molecule has 2 aromatic carbocycles. The number of hydrogen-bond acceptors (Lipinski definition) is 4. The van der Waals surface area contributed by atoms with Gasteiger partial charge in [-0.1, -0.05) is 30.3 Å². The van der Waals surface area contributed by atoms with Crippen molar-refractivity contribution < 1.29 is 19.1 Å². The number of amides is 2. The Bertz CT molecular complexity index is 831. The second-order valence-electron chi connectivity index (χ2n) is 5.51. The maximum absolute atomic E-state index is 13.0. The third kappa shape index (κ3) is 5.54. The van der Waals surface area contributed by atoms with Crippen molar-refractivity contribution >= 4 is 29.2 Å². The molecule has 140 valence electrons. The van der Waals surface area contributed by atoms with Gasteiger partial charge in [-0.2, -0.15) is 0 Å². The molecule has 0 bridgehead atoms. The number of rotatable bonds is 7. The number of nitrogens with zero attached hydrogens (tertiary/aromatic N) is 1. The van der Waals surface area contributed by atoms with E-state index in [0.29, 0.717) is 17.8 Å². The van der Waals surface area contributed by atoms with Crippen LogP contribution in [0, 0.1) is 0 Å². The van der Waals surface area contributed by atoms with E-state index in [1.807, 2.05) is 37.3 Å². The first-order chi connectivity index (χ1) is 13.1. The van der Waals surface area contributed by atoms with Crippen molar-refractivity contribution in [2.75, 3.05) is 23.4 Å². The Balaban J connectivity index is 2.20. The molecule has 0 radical (unpaired) electrons. The molecule has 0 spiro atoms. The molecule has 6 heteroatoms. The second-order valence-corrected chi connectivity index (χ2v) is 5.51. The first-order valence-corrected chi connectivity index (χ1v) is 8.68. The van der Waals surface area contributed by atoms with Crippen molar-refractivity contribution in [1.82, 2.24) is 0 Å². The van der Waals surface area contributed by atoms with Gasteiger partial charge < -0.3 is 15.0 Å². The van der Waals surface area contributed by atoms with Crippen LogP contribution in [0.15, 0.2) is 66.7 Å². The minimum atomic E-state index is -0.599. The molecule has 6 nitrogen and oxygen atoms in total. The summed E-state index contributed by atoms with van der Waals surface area (Å²) in [7, 11) is 0. The van der Waals surface area contributed by atoms with Crippen LogP contribution in [-0.4, -0.2) is 30.9 Å². The molecule has 27 heavy (non-hydrogen) atoms. The van der Waals surface area contributed by atoms with Crippen LogP contribution in [0.4, 0.5) is 11.4 Å². The van der Waals surface area contributed by atoms with E-state index in [9.17, 15) is 14.4 Å². The van der Waals surface area contributed by atoms with E-state index in [2.05, 4.69) is 5.32 Å². The molecule has 0 fully saturated rings. The van der Waals surface area contributed by atoms with E-state index in [4.69, 9.17) is 4.74 Å². The summed E-state index contributed by atoms with van der Waals surface area (Å²) in [4.78, 5) is 38.0. The molecule has 0 aliphatic rings. The summed E-state index contributed by atoms with van der Waals surface area (Å²) in [5.41, 5.74) is 1.50. The number of para-hydroxylation sites is 2. The van der Waals surface area contributed by atoms with E-state index in [-0.39, 0.29) is 12.5 Å². The zero-order valence-electron chi connectivity index (χ0n) is 15.3. The van der Waals surface area contributed by atoms with Gasteiger partial charge in [0, 0.05) is 24.4 Å². The number of nitrogens with one attached hydrogen (secondary N) is 1. The Hall–Kier alpha value is -3.41. The lowest BCUT2D eigenvalue weighted by atomic mass is 10.1. The first kappa shape index (κ1) is 19.9. The fraction of sp³-hybridized carbons (Fsp3) is 0.190. The average molecular weight is 366 g/mol. The summed E-state index contributed by atoms with van der Waals surface area (Å²) >= 11 is 0.